The van der Waals surface area contributed by atoms with E-state index in [1.165, 1.54) is 0 Å². The van der Waals surface area contributed by atoms with Crippen molar-refractivity contribution >= 4 is 17.4 Å². The fourth-order valence-corrected chi connectivity index (χ4v) is 2.64. The van der Waals surface area contributed by atoms with Crippen molar-refractivity contribution in [2.24, 2.45) is 5.92 Å². The van der Waals surface area contributed by atoms with E-state index in [-0.39, 0.29) is 36.2 Å². The fourth-order valence-electron chi connectivity index (χ4n) is 2.64. The Hall–Kier alpha value is -2.18. The van der Waals surface area contributed by atoms with Crippen molar-refractivity contribution in [3.63, 3.8) is 0 Å². The average molecular weight is 283 g/mol. The molecule has 0 radical (unpaired) electrons. The van der Waals surface area contributed by atoms with Gasteiger partial charge in [0.1, 0.15) is 12.5 Å². The lowest BCUT2D eigenvalue weighted by Crippen LogP contribution is -2.51. The quantitative estimate of drug-likeness (QED) is 0.790. The molecule has 0 amide bonds. The third kappa shape index (κ3) is 1.59. The zero-order valence-electron chi connectivity index (χ0n) is 10.5. The Labute approximate surface area is 112 Å². The third-order valence-electron chi connectivity index (χ3n) is 3.70. The number of nitrogens with zero attached hydrogens (tertiary/aromatic N) is 1. The van der Waals surface area contributed by atoms with Gasteiger partial charge in [-0.05, 0) is 13.0 Å². The Morgan fingerprint density at radius 1 is 1.50 bits per heavy atom. The molecule has 0 aromatic heterocycles. The number of halogens is 2. The molecule has 2 heterocycles. The largest absolute Gasteiger partial charge is 0.486 e. The van der Waals surface area contributed by atoms with Crippen LogP contribution in [0.4, 0.5) is 14.5 Å². The van der Waals surface area contributed by atoms with Crippen molar-refractivity contribution in [2.45, 2.75) is 13.0 Å². The summed E-state index contributed by atoms with van der Waals surface area (Å²) in [6, 6.07) is 0.529. The Morgan fingerprint density at radius 2 is 2.20 bits per heavy atom. The van der Waals surface area contributed by atoms with E-state index in [0.717, 1.165) is 6.07 Å². The van der Waals surface area contributed by atoms with Crippen LogP contribution in [-0.4, -0.2) is 36.1 Å². The zero-order chi connectivity index (χ0) is 14.6. The molecule has 2 atom stereocenters. The summed E-state index contributed by atoms with van der Waals surface area (Å²) in [5.41, 5.74) is 0.0225. The summed E-state index contributed by atoms with van der Waals surface area (Å²) in [6.45, 7) is 1.81. The molecule has 0 saturated carbocycles. The summed E-state index contributed by atoms with van der Waals surface area (Å²) in [5.74, 6) is -5.95. The van der Waals surface area contributed by atoms with Crippen LogP contribution in [0.3, 0.4) is 0 Å². The summed E-state index contributed by atoms with van der Waals surface area (Å²) >= 11 is 0. The van der Waals surface area contributed by atoms with Crippen LogP contribution < -0.4 is 9.64 Å². The fraction of sp³-hybridized carbons (Fsp3) is 0.385. The Balaban J connectivity index is 2.26. The van der Waals surface area contributed by atoms with Crippen LogP contribution in [0.5, 0.6) is 5.75 Å². The van der Waals surface area contributed by atoms with E-state index in [2.05, 4.69) is 0 Å². The maximum absolute atomic E-state index is 13.8. The second-order valence-electron chi connectivity index (χ2n) is 4.97. The molecule has 1 aromatic rings. The standard InChI is InChI=1S/C13H11F2NO4/c1-5-4-20-12-9(15)8(14)2-6-10(12)16(5)3-7(11(6)17)13(18)19/h2,5,7H,3-4H2,1H3,(H,18,19). The molecular weight excluding hydrogens is 272 g/mol. The van der Waals surface area contributed by atoms with Gasteiger partial charge in [0.25, 0.3) is 0 Å². The molecule has 0 spiro atoms. The highest BCUT2D eigenvalue weighted by Crippen LogP contribution is 2.44. The van der Waals surface area contributed by atoms with Crippen LogP contribution in [0.2, 0.25) is 0 Å². The van der Waals surface area contributed by atoms with Crippen molar-refractivity contribution < 1.29 is 28.2 Å². The number of ether oxygens (including phenoxy) is 1. The van der Waals surface area contributed by atoms with Crippen LogP contribution in [0.15, 0.2) is 6.07 Å². The normalized spacial score (nSPS) is 24.1. The van der Waals surface area contributed by atoms with Gasteiger partial charge in [-0.15, -0.1) is 0 Å². The van der Waals surface area contributed by atoms with E-state index in [9.17, 15) is 18.4 Å². The molecule has 106 valence electrons. The van der Waals surface area contributed by atoms with Crippen LogP contribution >= 0.6 is 0 Å². The SMILES string of the molecule is CC1COc2c(F)c(F)cc3c2N1CC(C(=O)O)C3=O. The van der Waals surface area contributed by atoms with E-state index in [0.29, 0.717) is 0 Å². The van der Waals surface area contributed by atoms with Crippen LogP contribution in [0, 0.1) is 17.6 Å². The molecule has 2 aliphatic rings. The van der Waals surface area contributed by atoms with Crippen molar-refractivity contribution in [1.29, 1.82) is 0 Å². The Morgan fingerprint density at radius 3 is 2.85 bits per heavy atom. The number of ketones is 1. The summed E-state index contributed by atoms with van der Waals surface area (Å²) < 4.78 is 32.5. The number of Topliss-reactive ketones (excluding diaryl/α,β-unsaturated/α-hetero) is 1. The van der Waals surface area contributed by atoms with Gasteiger partial charge in [-0.2, -0.15) is 4.39 Å². The van der Waals surface area contributed by atoms with Gasteiger partial charge in [-0.25, -0.2) is 4.39 Å². The highest BCUT2D eigenvalue weighted by Gasteiger charge is 2.43. The second-order valence-corrected chi connectivity index (χ2v) is 4.97. The minimum Gasteiger partial charge on any atom is -0.486 e. The van der Waals surface area contributed by atoms with Crippen LogP contribution in [0.25, 0.3) is 0 Å². The highest BCUT2D eigenvalue weighted by molar-refractivity contribution is 6.14. The number of benzene rings is 1. The van der Waals surface area contributed by atoms with Gasteiger partial charge in [0.2, 0.25) is 5.82 Å². The van der Waals surface area contributed by atoms with E-state index < -0.39 is 29.3 Å². The lowest BCUT2D eigenvalue weighted by molar-refractivity contribution is -0.139. The number of aliphatic carboxylic acids is 1. The van der Waals surface area contributed by atoms with E-state index in [1.807, 2.05) is 0 Å². The molecular formula is C13H11F2NO4. The molecule has 1 aromatic carbocycles. The number of hydrogen-bond donors (Lipinski definition) is 1. The molecule has 3 rings (SSSR count). The number of anilines is 1. The number of carboxylic acids is 1. The smallest absolute Gasteiger partial charge is 0.316 e. The summed E-state index contributed by atoms with van der Waals surface area (Å²) in [5, 5.41) is 9.10. The monoisotopic (exact) mass is 283 g/mol. The molecule has 2 unspecified atom stereocenters. The summed E-state index contributed by atoms with van der Waals surface area (Å²) in [6.07, 6.45) is 0. The topological polar surface area (TPSA) is 66.8 Å². The molecule has 0 fully saturated rings. The number of carbonyl (C=O) groups is 2. The second kappa shape index (κ2) is 4.16. The number of hydrogen-bond acceptors (Lipinski definition) is 4. The van der Waals surface area contributed by atoms with Gasteiger partial charge in [0.05, 0.1) is 11.7 Å². The van der Waals surface area contributed by atoms with Gasteiger partial charge in [-0.3, -0.25) is 9.59 Å². The first kappa shape index (κ1) is 12.8. The van der Waals surface area contributed by atoms with E-state index in [4.69, 9.17) is 9.84 Å². The first-order valence-electron chi connectivity index (χ1n) is 6.10. The van der Waals surface area contributed by atoms with Gasteiger partial charge >= 0.3 is 5.97 Å². The van der Waals surface area contributed by atoms with Crippen molar-refractivity contribution in [1.82, 2.24) is 0 Å². The molecule has 0 aliphatic carbocycles. The lowest BCUT2D eigenvalue weighted by atomic mass is 9.89. The number of carbonyl (C=O) groups excluding carboxylic acids is 1. The van der Waals surface area contributed by atoms with Gasteiger partial charge in [-0.1, -0.05) is 0 Å². The summed E-state index contributed by atoms with van der Waals surface area (Å²) in [4.78, 5) is 24.9. The van der Waals surface area contributed by atoms with E-state index in [1.54, 1.807) is 11.8 Å². The van der Waals surface area contributed by atoms with Gasteiger partial charge < -0.3 is 14.7 Å². The molecule has 2 aliphatic heterocycles. The average Bonchev–Trinajstić information content (AvgIpc) is 2.39. The predicted molar refractivity (Wildman–Crippen MR) is 64.1 cm³/mol. The zero-order valence-corrected chi connectivity index (χ0v) is 10.5. The minimum absolute atomic E-state index is 0.0657. The maximum Gasteiger partial charge on any atom is 0.316 e. The Kier molecular flexibility index (Phi) is 2.67. The van der Waals surface area contributed by atoms with Gasteiger partial charge in [0, 0.05) is 12.1 Å². The van der Waals surface area contributed by atoms with Crippen molar-refractivity contribution in [3.8, 4) is 5.75 Å². The molecule has 20 heavy (non-hydrogen) atoms. The Bertz CT molecular complexity index is 631. The van der Waals surface area contributed by atoms with Crippen LogP contribution in [-0.2, 0) is 4.79 Å². The van der Waals surface area contributed by atoms with Crippen LogP contribution in [0.1, 0.15) is 17.3 Å². The lowest BCUT2D eigenvalue weighted by Gasteiger charge is -2.42. The predicted octanol–water partition coefficient (Wildman–Crippen LogP) is 1.45. The third-order valence-corrected chi connectivity index (χ3v) is 3.70. The molecule has 7 heteroatoms. The first-order valence-corrected chi connectivity index (χ1v) is 6.10. The molecule has 5 nitrogen and oxygen atoms in total. The summed E-state index contributed by atoms with van der Waals surface area (Å²) in [7, 11) is 0. The molecule has 0 bridgehead atoms. The van der Waals surface area contributed by atoms with Crippen molar-refractivity contribution in [3.05, 3.63) is 23.3 Å². The maximum atomic E-state index is 13.8. The van der Waals surface area contributed by atoms with Crippen molar-refractivity contribution in [2.75, 3.05) is 18.1 Å². The highest BCUT2D eigenvalue weighted by atomic mass is 19.2. The molecule has 1 N–H and O–H groups in total. The number of carboxylic acid groups (broad SMARTS) is 1. The van der Waals surface area contributed by atoms with E-state index >= 15 is 0 Å². The molecule has 0 saturated heterocycles. The first-order chi connectivity index (χ1) is 9.41. The van der Waals surface area contributed by atoms with Gasteiger partial charge in [0.15, 0.2) is 17.3 Å². The minimum atomic E-state index is -1.28. The number of rotatable bonds is 1.